The minimum Gasteiger partial charge on any atom is -0.494 e. The van der Waals surface area contributed by atoms with Crippen LogP contribution in [0, 0.1) is 11.8 Å². The zero-order valence-corrected chi connectivity index (χ0v) is 27.2. The third-order valence-electron chi connectivity index (χ3n) is 8.16. The van der Waals surface area contributed by atoms with Gasteiger partial charge in [-0.2, -0.15) is 0 Å². The molecular formula is C36H56N2O4. The summed E-state index contributed by atoms with van der Waals surface area (Å²) in [4.78, 5) is 32.3. The molecule has 6 nitrogen and oxygen atoms in total. The average Bonchev–Trinajstić information content (AvgIpc) is 3.03. The van der Waals surface area contributed by atoms with Crippen molar-refractivity contribution in [1.82, 2.24) is 9.80 Å². The predicted octanol–water partition coefficient (Wildman–Crippen LogP) is 7.81. The van der Waals surface area contributed by atoms with Gasteiger partial charge in [0.15, 0.2) is 11.6 Å². The Morgan fingerprint density at radius 2 is 0.905 bits per heavy atom. The largest absolute Gasteiger partial charge is 0.494 e. The molecular weight excluding hydrogens is 524 g/mol. The van der Waals surface area contributed by atoms with E-state index in [0.717, 1.165) is 63.4 Å². The van der Waals surface area contributed by atoms with Crippen molar-refractivity contribution >= 4 is 11.6 Å². The Kier molecular flexibility index (Phi) is 17.1. The van der Waals surface area contributed by atoms with Crippen LogP contribution in [-0.4, -0.2) is 73.8 Å². The highest BCUT2D eigenvalue weighted by molar-refractivity contribution is 5.99. The average molecular weight is 581 g/mol. The molecule has 0 aromatic heterocycles. The number of ketones is 2. The molecule has 0 amide bonds. The zero-order chi connectivity index (χ0) is 30.7. The summed E-state index contributed by atoms with van der Waals surface area (Å²) in [6.07, 6.45) is 5.52. The van der Waals surface area contributed by atoms with E-state index in [2.05, 4.69) is 51.3 Å². The second-order valence-corrected chi connectivity index (χ2v) is 11.1. The molecule has 0 saturated heterocycles. The Morgan fingerprint density at radius 1 is 0.571 bits per heavy atom. The maximum atomic E-state index is 13.8. The molecule has 0 radical (unpaired) electrons. The van der Waals surface area contributed by atoms with Crippen molar-refractivity contribution in [3.8, 4) is 11.5 Å². The molecule has 0 saturated carbocycles. The van der Waals surface area contributed by atoms with Crippen molar-refractivity contribution < 1.29 is 19.1 Å². The van der Waals surface area contributed by atoms with Gasteiger partial charge in [-0.1, -0.05) is 54.4 Å². The lowest BCUT2D eigenvalue weighted by molar-refractivity contribution is 0.0815. The molecule has 0 aliphatic heterocycles. The van der Waals surface area contributed by atoms with Gasteiger partial charge in [0.05, 0.1) is 13.2 Å². The predicted molar refractivity (Wildman–Crippen MR) is 174 cm³/mol. The highest BCUT2D eigenvalue weighted by Crippen LogP contribution is 2.25. The first-order chi connectivity index (χ1) is 20.4. The number of nitrogens with zero attached hydrogens (tertiary/aromatic N) is 2. The summed E-state index contributed by atoms with van der Waals surface area (Å²) in [5.41, 5.74) is 1.42. The fourth-order valence-corrected chi connectivity index (χ4v) is 5.17. The summed E-state index contributed by atoms with van der Waals surface area (Å²) in [7, 11) is 0. The van der Waals surface area contributed by atoms with Crippen LogP contribution in [0.2, 0.25) is 0 Å². The number of hydrogen-bond acceptors (Lipinski definition) is 6. The van der Waals surface area contributed by atoms with Crippen molar-refractivity contribution in [2.24, 2.45) is 11.8 Å². The summed E-state index contributed by atoms with van der Waals surface area (Å²) in [5.74, 6) is 1.52. The fraction of sp³-hybridized carbons (Fsp3) is 0.611. The molecule has 0 heterocycles. The van der Waals surface area contributed by atoms with Gasteiger partial charge in [0.2, 0.25) is 0 Å². The smallest absolute Gasteiger partial charge is 0.167 e. The summed E-state index contributed by atoms with van der Waals surface area (Å²) < 4.78 is 11.6. The van der Waals surface area contributed by atoms with Gasteiger partial charge in [-0.3, -0.25) is 9.59 Å². The minimum absolute atomic E-state index is 0.143. The standard InChI is InChI=1S/C36H56N2O4/c1-7-13-25-41-33-21-17-29(18-22-33)35(39)31(27-37(9-3)10-4)15-16-32(28-38(11-5)12-6)36(40)30-19-23-34(24-20-30)42-26-14-8-2/h17-24,31-32H,7-16,25-28H2,1-6H3/t31-,32-/m0/s1. The number of carbonyl (C=O) groups excluding carboxylic acids is 2. The molecule has 42 heavy (non-hydrogen) atoms. The van der Waals surface area contributed by atoms with Crippen LogP contribution in [0.4, 0.5) is 0 Å². The molecule has 2 aromatic carbocycles. The molecule has 234 valence electrons. The van der Waals surface area contributed by atoms with Crippen LogP contribution in [0.1, 0.15) is 101 Å². The van der Waals surface area contributed by atoms with E-state index in [1.807, 2.05) is 48.5 Å². The van der Waals surface area contributed by atoms with Crippen LogP contribution < -0.4 is 9.47 Å². The summed E-state index contributed by atoms with van der Waals surface area (Å²) >= 11 is 0. The molecule has 2 rings (SSSR count). The maximum Gasteiger partial charge on any atom is 0.167 e. The van der Waals surface area contributed by atoms with Gasteiger partial charge in [0, 0.05) is 36.1 Å². The van der Waals surface area contributed by atoms with Crippen molar-refractivity contribution in [1.29, 1.82) is 0 Å². The fourth-order valence-electron chi connectivity index (χ4n) is 5.17. The molecule has 2 atom stereocenters. The Balaban J connectivity index is 2.22. The lowest BCUT2D eigenvalue weighted by atomic mass is 9.86. The van der Waals surface area contributed by atoms with E-state index >= 15 is 0 Å². The first kappa shape index (κ1) is 35.5. The zero-order valence-electron chi connectivity index (χ0n) is 27.2. The van der Waals surface area contributed by atoms with Crippen molar-refractivity contribution in [3.05, 3.63) is 59.7 Å². The Hall–Kier alpha value is -2.70. The monoisotopic (exact) mass is 580 g/mol. The van der Waals surface area contributed by atoms with E-state index in [1.54, 1.807) is 0 Å². The molecule has 0 spiro atoms. The highest BCUT2D eigenvalue weighted by Gasteiger charge is 2.27. The quantitative estimate of drug-likeness (QED) is 0.0987. The van der Waals surface area contributed by atoms with Crippen molar-refractivity contribution in [2.75, 3.05) is 52.5 Å². The maximum absolute atomic E-state index is 13.8. The molecule has 0 unspecified atom stereocenters. The Labute approximate surface area is 255 Å². The first-order valence-corrected chi connectivity index (χ1v) is 16.4. The molecule has 0 aliphatic carbocycles. The van der Waals surface area contributed by atoms with Crippen molar-refractivity contribution in [2.45, 2.75) is 80.1 Å². The summed E-state index contributed by atoms with van der Waals surface area (Å²) in [5, 5.41) is 0. The van der Waals surface area contributed by atoms with Gasteiger partial charge in [0.1, 0.15) is 11.5 Å². The molecule has 0 N–H and O–H groups in total. The third-order valence-corrected chi connectivity index (χ3v) is 8.16. The van der Waals surface area contributed by atoms with Gasteiger partial charge in [0.25, 0.3) is 0 Å². The SMILES string of the molecule is CCCCOc1ccc(C(=O)[C@@H](CC[C@@H](CN(CC)CC)C(=O)c2ccc(OCCCC)cc2)CN(CC)CC)cc1. The van der Waals surface area contributed by atoms with Gasteiger partial charge in [-0.05, 0) is 100 Å². The molecule has 2 aromatic rings. The Morgan fingerprint density at radius 3 is 1.19 bits per heavy atom. The van der Waals surface area contributed by atoms with Gasteiger partial charge in [-0.25, -0.2) is 0 Å². The summed E-state index contributed by atoms with van der Waals surface area (Å²) in [6.45, 7) is 19.1. The van der Waals surface area contributed by atoms with Crippen LogP contribution in [0.15, 0.2) is 48.5 Å². The van der Waals surface area contributed by atoms with Crippen LogP contribution in [0.25, 0.3) is 0 Å². The van der Waals surface area contributed by atoms with Gasteiger partial charge < -0.3 is 19.3 Å². The normalized spacial score (nSPS) is 12.9. The van der Waals surface area contributed by atoms with E-state index in [1.165, 1.54) is 0 Å². The molecule has 0 aliphatic rings. The van der Waals surface area contributed by atoms with Crippen LogP contribution >= 0.6 is 0 Å². The molecule has 0 fully saturated rings. The number of carbonyl (C=O) groups is 2. The number of unbranched alkanes of at least 4 members (excludes halogenated alkanes) is 2. The third kappa shape index (κ3) is 11.9. The van der Waals surface area contributed by atoms with E-state index in [-0.39, 0.29) is 23.4 Å². The topological polar surface area (TPSA) is 59.1 Å². The number of ether oxygens (including phenoxy) is 2. The van der Waals surface area contributed by atoms with Crippen LogP contribution in [-0.2, 0) is 0 Å². The summed E-state index contributed by atoms with van der Waals surface area (Å²) in [6, 6.07) is 15.2. The molecule has 6 heteroatoms. The van der Waals surface area contributed by atoms with E-state index in [4.69, 9.17) is 9.47 Å². The number of benzene rings is 2. The second-order valence-electron chi connectivity index (χ2n) is 11.1. The van der Waals surface area contributed by atoms with Crippen LogP contribution in [0.3, 0.4) is 0 Å². The van der Waals surface area contributed by atoms with E-state index in [0.29, 0.717) is 50.3 Å². The van der Waals surface area contributed by atoms with E-state index in [9.17, 15) is 9.59 Å². The lowest BCUT2D eigenvalue weighted by Crippen LogP contribution is -2.36. The number of rotatable bonds is 23. The minimum atomic E-state index is -0.182. The van der Waals surface area contributed by atoms with Crippen molar-refractivity contribution in [3.63, 3.8) is 0 Å². The number of hydrogen-bond donors (Lipinski definition) is 0. The van der Waals surface area contributed by atoms with E-state index < -0.39 is 0 Å². The Bertz CT molecular complexity index is 930. The lowest BCUT2D eigenvalue weighted by Gasteiger charge is -2.28. The second kappa shape index (κ2) is 20.2. The van der Waals surface area contributed by atoms with Crippen LogP contribution in [0.5, 0.6) is 11.5 Å². The first-order valence-electron chi connectivity index (χ1n) is 16.4. The van der Waals surface area contributed by atoms with Gasteiger partial charge >= 0.3 is 0 Å². The molecule has 0 bridgehead atoms. The van der Waals surface area contributed by atoms with Gasteiger partial charge in [-0.15, -0.1) is 0 Å². The highest BCUT2D eigenvalue weighted by atomic mass is 16.5. The number of Topliss-reactive ketones (excluding diaryl/α,β-unsaturated/α-hetero) is 2.